The number of hydrogen-bond acceptors (Lipinski definition) is 5. The molecule has 0 aliphatic rings. The highest BCUT2D eigenvalue weighted by molar-refractivity contribution is 6.00. The number of carbonyl (C=O) groups excluding carboxylic acids is 3. The average molecular weight is 574 g/mol. The van der Waals surface area contributed by atoms with Gasteiger partial charge in [-0.3, -0.25) is 9.59 Å². The molecule has 0 fully saturated rings. The van der Waals surface area contributed by atoms with Crippen molar-refractivity contribution in [1.29, 1.82) is 0 Å². The second-order valence-corrected chi connectivity index (χ2v) is 11.7. The van der Waals surface area contributed by atoms with E-state index in [1.165, 1.54) is 4.90 Å². The van der Waals surface area contributed by atoms with Crippen molar-refractivity contribution >= 4 is 23.6 Å². The lowest BCUT2D eigenvalue weighted by Crippen LogP contribution is -2.54. The largest absolute Gasteiger partial charge is 0.444 e. The summed E-state index contributed by atoms with van der Waals surface area (Å²) in [5, 5.41) is 15.9. The molecule has 8 heteroatoms. The summed E-state index contributed by atoms with van der Waals surface area (Å²) in [6, 6.07) is 18.6. The number of benzene rings is 3. The van der Waals surface area contributed by atoms with Gasteiger partial charge in [0.1, 0.15) is 17.7 Å². The lowest BCUT2D eigenvalue weighted by Gasteiger charge is -2.35. The first-order valence-corrected chi connectivity index (χ1v) is 14.2. The van der Waals surface area contributed by atoms with E-state index in [-0.39, 0.29) is 19.6 Å². The highest BCUT2D eigenvalue weighted by atomic mass is 16.6. The summed E-state index contributed by atoms with van der Waals surface area (Å²) in [5.41, 5.74) is 4.95. The summed E-state index contributed by atoms with van der Waals surface area (Å²) in [6.45, 7) is 12.4. The van der Waals surface area contributed by atoms with Gasteiger partial charge in [0.15, 0.2) is 0 Å². The molecule has 0 saturated carbocycles. The van der Waals surface area contributed by atoms with Crippen LogP contribution in [0.15, 0.2) is 66.7 Å². The number of aryl methyl sites for hydroxylation is 4. The summed E-state index contributed by atoms with van der Waals surface area (Å²) in [4.78, 5) is 42.8. The number of anilines is 1. The molecule has 3 N–H and O–H groups in total. The van der Waals surface area contributed by atoms with Crippen molar-refractivity contribution in [1.82, 2.24) is 10.2 Å². The fourth-order valence-electron chi connectivity index (χ4n) is 4.96. The SMILES string of the molecule is Cc1ccc(C(C(=O)Nc2c(C)cccc2C)N(CCO)C(=O)C(Cc2ccccc2)NC(=O)OC(C)(C)C)c(C)c1. The Morgan fingerprint density at radius 3 is 2.10 bits per heavy atom. The van der Waals surface area contributed by atoms with E-state index in [9.17, 15) is 19.5 Å². The zero-order chi connectivity index (χ0) is 31.0. The van der Waals surface area contributed by atoms with Gasteiger partial charge in [-0.05, 0) is 76.3 Å². The van der Waals surface area contributed by atoms with Crippen LogP contribution in [0.1, 0.15) is 60.2 Å². The van der Waals surface area contributed by atoms with Crippen LogP contribution in [0, 0.1) is 27.7 Å². The molecule has 2 atom stereocenters. The topological polar surface area (TPSA) is 108 Å². The number of nitrogens with one attached hydrogen (secondary N) is 2. The molecule has 0 aliphatic carbocycles. The van der Waals surface area contributed by atoms with E-state index in [1.807, 2.05) is 94.4 Å². The van der Waals surface area contributed by atoms with E-state index in [0.29, 0.717) is 11.3 Å². The lowest BCUT2D eigenvalue weighted by molar-refractivity contribution is -0.141. The van der Waals surface area contributed by atoms with Crippen molar-refractivity contribution < 1.29 is 24.2 Å². The molecular weight excluding hydrogens is 530 g/mol. The molecule has 0 aromatic heterocycles. The number of hydrogen-bond donors (Lipinski definition) is 3. The lowest BCUT2D eigenvalue weighted by atomic mass is 9.95. The maximum Gasteiger partial charge on any atom is 0.408 e. The van der Waals surface area contributed by atoms with Crippen LogP contribution in [-0.4, -0.2) is 52.7 Å². The number of para-hydroxylation sites is 1. The van der Waals surface area contributed by atoms with Crippen LogP contribution >= 0.6 is 0 Å². The minimum absolute atomic E-state index is 0.127. The molecule has 3 aromatic rings. The van der Waals surface area contributed by atoms with Crippen LogP contribution in [0.3, 0.4) is 0 Å². The van der Waals surface area contributed by atoms with Crippen LogP contribution in [0.25, 0.3) is 0 Å². The molecular formula is C34H43N3O5. The van der Waals surface area contributed by atoms with E-state index in [1.54, 1.807) is 20.8 Å². The third kappa shape index (κ3) is 8.66. The van der Waals surface area contributed by atoms with Crippen molar-refractivity contribution in [2.45, 2.75) is 72.6 Å². The van der Waals surface area contributed by atoms with Crippen molar-refractivity contribution in [3.8, 4) is 0 Å². The fourth-order valence-corrected chi connectivity index (χ4v) is 4.96. The fraction of sp³-hybridized carbons (Fsp3) is 0.382. The summed E-state index contributed by atoms with van der Waals surface area (Å²) in [7, 11) is 0. The Hall–Kier alpha value is -4.17. The number of aliphatic hydroxyl groups is 1. The first kappa shape index (κ1) is 32.3. The molecule has 0 spiro atoms. The van der Waals surface area contributed by atoms with Crippen LogP contribution in [0.4, 0.5) is 10.5 Å². The molecule has 3 amide bonds. The zero-order valence-corrected chi connectivity index (χ0v) is 25.7. The number of nitrogens with zero attached hydrogens (tertiary/aromatic N) is 1. The van der Waals surface area contributed by atoms with E-state index in [2.05, 4.69) is 10.6 Å². The van der Waals surface area contributed by atoms with Crippen molar-refractivity contribution in [2.75, 3.05) is 18.5 Å². The highest BCUT2D eigenvalue weighted by Gasteiger charge is 2.37. The quantitative estimate of drug-likeness (QED) is 0.295. The van der Waals surface area contributed by atoms with Crippen molar-refractivity contribution in [3.63, 3.8) is 0 Å². The van der Waals surface area contributed by atoms with E-state index in [4.69, 9.17) is 4.74 Å². The van der Waals surface area contributed by atoms with Gasteiger partial charge in [0, 0.05) is 18.7 Å². The van der Waals surface area contributed by atoms with Crippen LogP contribution in [0.2, 0.25) is 0 Å². The molecule has 0 heterocycles. The van der Waals surface area contributed by atoms with Gasteiger partial charge in [-0.2, -0.15) is 0 Å². The van der Waals surface area contributed by atoms with E-state index in [0.717, 1.165) is 27.8 Å². The molecule has 224 valence electrons. The Bertz CT molecular complexity index is 1380. The minimum atomic E-state index is -1.08. The standard InChI is InChI=1S/C34H43N3O5/c1-22-16-17-27(25(4)20-22)30(31(39)36-29-23(2)12-11-13-24(29)3)37(18-19-38)32(40)28(21-26-14-9-8-10-15-26)35-33(41)42-34(5,6)7/h8-17,20,28,30,38H,18-19,21H2,1-7H3,(H,35,41)(H,36,39). The van der Waals surface area contributed by atoms with Gasteiger partial charge in [-0.15, -0.1) is 0 Å². The van der Waals surface area contributed by atoms with Gasteiger partial charge in [0.2, 0.25) is 5.91 Å². The number of alkyl carbamates (subject to hydrolysis) is 1. The summed E-state index contributed by atoms with van der Waals surface area (Å²) < 4.78 is 5.48. The number of amides is 3. The van der Waals surface area contributed by atoms with E-state index >= 15 is 0 Å². The highest BCUT2D eigenvalue weighted by Crippen LogP contribution is 2.29. The van der Waals surface area contributed by atoms with Crippen LogP contribution in [-0.2, 0) is 20.7 Å². The number of carbonyl (C=O) groups is 3. The number of ether oxygens (including phenoxy) is 1. The second-order valence-electron chi connectivity index (χ2n) is 11.7. The molecule has 2 unspecified atom stereocenters. The Morgan fingerprint density at radius 2 is 1.52 bits per heavy atom. The van der Waals surface area contributed by atoms with Crippen molar-refractivity contribution in [2.24, 2.45) is 0 Å². The molecule has 0 aliphatic heterocycles. The maximum absolute atomic E-state index is 14.4. The molecule has 42 heavy (non-hydrogen) atoms. The Kier molecular flexibility index (Phi) is 10.9. The molecule has 0 radical (unpaired) electrons. The first-order valence-electron chi connectivity index (χ1n) is 14.2. The van der Waals surface area contributed by atoms with Gasteiger partial charge in [0.25, 0.3) is 5.91 Å². The predicted molar refractivity (Wildman–Crippen MR) is 165 cm³/mol. The summed E-state index contributed by atoms with van der Waals surface area (Å²) in [5.74, 6) is -0.933. The maximum atomic E-state index is 14.4. The van der Waals surface area contributed by atoms with Crippen LogP contribution < -0.4 is 10.6 Å². The third-order valence-corrected chi connectivity index (χ3v) is 6.90. The monoisotopic (exact) mass is 573 g/mol. The third-order valence-electron chi connectivity index (χ3n) is 6.90. The van der Waals surface area contributed by atoms with Gasteiger partial charge < -0.3 is 25.4 Å². The minimum Gasteiger partial charge on any atom is -0.444 e. The average Bonchev–Trinajstić information content (AvgIpc) is 2.90. The molecule has 3 aromatic carbocycles. The predicted octanol–water partition coefficient (Wildman–Crippen LogP) is 5.56. The van der Waals surface area contributed by atoms with Crippen molar-refractivity contribution in [3.05, 3.63) is 100 Å². The van der Waals surface area contributed by atoms with Gasteiger partial charge in [0.05, 0.1) is 6.61 Å². The first-order chi connectivity index (χ1) is 19.8. The van der Waals surface area contributed by atoms with Crippen LogP contribution in [0.5, 0.6) is 0 Å². The molecule has 0 bridgehead atoms. The smallest absolute Gasteiger partial charge is 0.408 e. The Balaban J connectivity index is 2.09. The number of rotatable bonds is 10. The van der Waals surface area contributed by atoms with E-state index < -0.39 is 35.6 Å². The summed E-state index contributed by atoms with van der Waals surface area (Å²) >= 11 is 0. The van der Waals surface area contributed by atoms with Gasteiger partial charge in [-0.1, -0.05) is 72.3 Å². The zero-order valence-electron chi connectivity index (χ0n) is 25.7. The summed E-state index contributed by atoms with van der Waals surface area (Å²) in [6.07, 6.45) is -0.581. The Labute approximate surface area is 249 Å². The Morgan fingerprint density at radius 1 is 0.881 bits per heavy atom. The van der Waals surface area contributed by atoms with Gasteiger partial charge in [-0.25, -0.2) is 4.79 Å². The molecule has 0 saturated heterocycles. The number of aliphatic hydroxyl groups excluding tert-OH is 1. The second kappa shape index (κ2) is 14.1. The molecule has 8 nitrogen and oxygen atoms in total. The normalized spacial score (nSPS) is 12.7. The van der Waals surface area contributed by atoms with Gasteiger partial charge >= 0.3 is 6.09 Å². The molecule has 3 rings (SSSR count).